The van der Waals surface area contributed by atoms with Crippen LogP contribution < -0.4 is 19.1 Å². The number of fused-ring (bicyclic) bond motifs is 2. The maximum atomic E-state index is 13.2. The molecule has 0 aromatic heterocycles. The second-order valence-corrected chi connectivity index (χ2v) is 10.4. The highest BCUT2D eigenvalue weighted by Crippen LogP contribution is 2.40. The summed E-state index contributed by atoms with van der Waals surface area (Å²) in [6, 6.07) is 12.5. The first kappa shape index (κ1) is 20.5. The third-order valence-electron chi connectivity index (χ3n) is 5.37. The summed E-state index contributed by atoms with van der Waals surface area (Å²) in [7, 11) is -3.56. The van der Waals surface area contributed by atoms with E-state index >= 15 is 0 Å². The van der Waals surface area contributed by atoms with Crippen molar-refractivity contribution in [2.45, 2.75) is 44.9 Å². The molecule has 1 amide bonds. The standard InChI is InChI=1S/C22H26N2O5S/c1-14-9-10-18-15(11-14)16(12-22(2,3)29-18)23-21(25)20-13-24(30(4,26)27)17-7-5-6-8-19(17)28-20/h5-11,16,20H,12-13H2,1-4H3,(H,23,25)/t16-,20+/m0/s1. The smallest absolute Gasteiger partial charge is 0.263 e. The minimum absolute atomic E-state index is 0.0744. The molecule has 0 aliphatic carbocycles. The molecule has 2 atom stereocenters. The number of hydrogen-bond acceptors (Lipinski definition) is 5. The van der Waals surface area contributed by atoms with Crippen LogP contribution in [-0.2, 0) is 14.8 Å². The number of carbonyl (C=O) groups excluding carboxylic acids is 1. The Hall–Kier alpha value is -2.74. The van der Waals surface area contributed by atoms with Crippen LogP contribution in [0, 0.1) is 6.92 Å². The van der Waals surface area contributed by atoms with Crippen molar-refractivity contribution < 1.29 is 22.7 Å². The Morgan fingerprint density at radius 1 is 1.17 bits per heavy atom. The van der Waals surface area contributed by atoms with E-state index in [1.54, 1.807) is 24.3 Å². The zero-order chi connectivity index (χ0) is 21.7. The largest absolute Gasteiger partial charge is 0.487 e. The molecule has 8 heteroatoms. The molecule has 2 aliphatic rings. The first-order valence-corrected chi connectivity index (χ1v) is 11.7. The van der Waals surface area contributed by atoms with E-state index in [-0.39, 0.29) is 18.5 Å². The number of benzene rings is 2. The molecule has 1 N–H and O–H groups in total. The predicted molar refractivity (Wildman–Crippen MR) is 114 cm³/mol. The van der Waals surface area contributed by atoms with Crippen LogP contribution in [0.2, 0.25) is 0 Å². The van der Waals surface area contributed by atoms with Crippen LogP contribution in [0.25, 0.3) is 0 Å². The van der Waals surface area contributed by atoms with Gasteiger partial charge in [0.25, 0.3) is 5.91 Å². The lowest BCUT2D eigenvalue weighted by molar-refractivity contribution is -0.129. The van der Waals surface area contributed by atoms with Crippen molar-refractivity contribution in [3.05, 3.63) is 53.6 Å². The van der Waals surface area contributed by atoms with Gasteiger partial charge in [-0.3, -0.25) is 9.10 Å². The molecule has 7 nitrogen and oxygen atoms in total. The topological polar surface area (TPSA) is 84.9 Å². The molecule has 0 radical (unpaired) electrons. The van der Waals surface area contributed by atoms with Crippen LogP contribution in [-0.4, -0.2) is 38.8 Å². The summed E-state index contributed by atoms with van der Waals surface area (Å²) >= 11 is 0. The van der Waals surface area contributed by atoms with Gasteiger partial charge in [0.2, 0.25) is 10.0 Å². The average molecular weight is 431 g/mol. The second kappa shape index (κ2) is 7.19. The number of aryl methyl sites for hydroxylation is 1. The fourth-order valence-corrected chi connectivity index (χ4v) is 4.93. The van der Waals surface area contributed by atoms with Gasteiger partial charge in [0, 0.05) is 12.0 Å². The summed E-state index contributed by atoms with van der Waals surface area (Å²) in [5.41, 5.74) is 1.98. The zero-order valence-corrected chi connectivity index (χ0v) is 18.3. The van der Waals surface area contributed by atoms with Crippen molar-refractivity contribution in [2.24, 2.45) is 0 Å². The first-order valence-electron chi connectivity index (χ1n) is 9.87. The molecule has 4 rings (SSSR count). The molecule has 0 fully saturated rings. The number of para-hydroxylation sites is 2. The number of hydrogen-bond donors (Lipinski definition) is 1. The molecule has 2 aromatic rings. The van der Waals surface area contributed by atoms with Crippen LogP contribution in [0.15, 0.2) is 42.5 Å². The Bertz CT molecular complexity index is 1100. The maximum absolute atomic E-state index is 13.2. The summed E-state index contributed by atoms with van der Waals surface area (Å²) in [4.78, 5) is 13.2. The van der Waals surface area contributed by atoms with Crippen molar-refractivity contribution in [1.82, 2.24) is 5.32 Å². The third kappa shape index (κ3) is 3.96. The first-order chi connectivity index (χ1) is 14.0. The predicted octanol–water partition coefficient (Wildman–Crippen LogP) is 2.94. The fourth-order valence-electron chi connectivity index (χ4n) is 4.02. The highest BCUT2D eigenvalue weighted by atomic mass is 32.2. The molecule has 30 heavy (non-hydrogen) atoms. The Kier molecular flexibility index (Phi) is 4.92. The average Bonchev–Trinajstić information content (AvgIpc) is 2.66. The second-order valence-electron chi connectivity index (χ2n) is 8.54. The zero-order valence-electron chi connectivity index (χ0n) is 17.5. The monoisotopic (exact) mass is 430 g/mol. The molecule has 2 aromatic carbocycles. The molecular weight excluding hydrogens is 404 g/mol. The van der Waals surface area contributed by atoms with Crippen LogP contribution in [0.1, 0.15) is 37.4 Å². The van der Waals surface area contributed by atoms with Gasteiger partial charge in [0.15, 0.2) is 6.10 Å². The highest BCUT2D eigenvalue weighted by molar-refractivity contribution is 7.92. The molecule has 0 saturated carbocycles. The van der Waals surface area contributed by atoms with E-state index in [0.29, 0.717) is 17.9 Å². The van der Waals surface area contributed by atoms with E-state index in [0.717, 1.165) is 23.1 Å². The van der Waals surface area contributed by atoms with Gasteiger partial charge in [-0.25, -0.2) is 8.42 Å². The number of sulfonamides is 1. The number of anilines is 1. The van der Waals surface area contributed by atoms with E-state index < -0.39 is 21.7 Å². The van der Waals surface area contributed by atoms with Crippen LogP contribution in [0.4, 0.5) is 5.69 Å². The minimum atomic E-state index is -3.56. The number of rotatable bonds is 3. The summed E-state index contributed by atoms with van der Waals surface area (Å²) in [5, 5.41) is 3.07. The Labute approximate surface area is 177 Å². The van der Waals surface area contributed by atoms with Gasteiger partial charge in [0.1, 0.15) is 17.1 Å². The summed E-state index contributed by atoms with van der Waals surface area (Å²) in [6.07, 6.45) is 0.770. The lowest BCUT2D eigenvalue weighted by Crippen LogP contribution is -2.52. The van der Waals surface area contributed by atoms with Crippen molar-refractivity contribution in [3.8, 4) is 11.5 Å². The number of nitrogens with zero attached hydrogens (tertiary/aromatic N) is 1. The van der Waals surface area contributed by atoms with Crippen LogP contribution in [0.3, 0.4) is 0 Å². The molecule has 0 bridgehead atoms. The number of carbonyl (C=O) groups is 1. The van der Waals surface area contributed by atoms with Crippen molar-refractivity contribution in [2.75, 3.05) is 17.1 Å². The number of ether oxygens (including phenoxy) is 2. The van der Waals surface area contributed by atoms with Gasteiger partial charge in [0.05, 0.1) is 24.5 Å². The number of nitrogens with one attached hydrogen (secondary N) is 1. The van der Waals surface area contributed by atoms with Crippen molar-refractivity contribution in [1.29, 1.82) is 0 Å². The molecule has 160 valence electrons. The van der Waals surface area contributed by atoms with Crippen LogP contribution in [0.5, 0.6) is 11.5 Å². The lowest BCUT2D eigenvalue weighted by Gasteiger charge is -2.39. The Morgan fingerprint density at radius 3 is 2.63 bits per heavy atom. The molecular formula is C22H26N2O5S. The van der Waals surface area contributed by atoms with Gasteiger partial charge in [-0.1, -0.05) is 29.8 Å². The summed E-state index contributed by atoms with van der Waals surface area (Å²) in [5.74, 6) is 0.765. The summed E-state index contributed by atoms with van der Waals surface area (Å²) < 4.78 is 37.8. The van der Waals surface area contributed by atoms with E-state index in [2.05, 4.69) is 5.32 Å². The minimum Gasteiger partial charge on any atom is -0.487 e. The van der Waals surface area contributed by atoms with Gasteiger partial charge >= 0.3 is 0 Å². The van der Waals surface area contributed by atoms with E-state index in [4.69, 9.17) is 9.47 Å². The molecule has 0 saturated heterocycles. The fraction of sp³-hybridized carbons (Fsp3) is 0.409. The van der Waals surface area contributed by atoms with Crippen LogP contribution >= 0.6 is 0 Å². The molecule has 2 aliphatic heterocycles. The normalized spacial score (nSPS) is 22.2. The van der Waals surface area contributed by atoms with E-state index in [9.17, 15) is 13.2 Å². The number of amides is 1. The Balaban J connectivity index is 1.61. The SMILES string of the molecule is Cc1ccc2c(c1)[C@@H](NC(=O)[C@H]1CN(S(C)(=O)=O)c3ccccc3O1)CC(C)(C)O2. The molecule has 0 spiro atoms. The van der Waals surface area contributed by atoms with E-state index in [1.807, 2.05) is 39.0 Å². The Morgan fingerprint density at radius 2 is 1.90 bits per heavy atom. The van der Waals surface area contributed by atoms with Gasteiger partial charge < -0.3 is 14.8 Å². The van der Waals surface area contributed by atoms with Crippen molar-refractivity contribution >= 4 is 21.6 Å². The van der Waals surface area contributed by atoms with E-state index in [1.165, 1.54) is 4.31 Å². The quantitative estimate of drug-likeness (QED) is 0.809. The summed E-state index contributed by atoms with van der Waals surface area (Å²) in [6.45, 7) is 5.88. The maximum Gasteiger partial charge on any atom is 0.263 e. The lowest BCUT2D eigenvalue weighted by atomic mass is 9.89. The van der Waals surface area contributed by atoms with Gasteiger partial charge in [-0.15, -0.1) is 0 Å². The highest BCUT2D eigenvalue weighted by Gasteiger charge is 2.39. The molecule has 2 heterocycles. The molecule has 0 unspecified atom stereocenters. The van der Waals surface area contributed by atoms with Gasteiger partial charge in [-0.2, -0.15) is 0 Å². The van der Waals surface area contributed by atoms with Crippen molar-refractivity contribution in [3.63, 3.8) is 0 Å². The van der Waals surface area contributed by atoms with Gasteiger partial charge in [-0.05, 0) is 39.0 Å². The third-order valence-corrected chi connectivity index (χ3v) is 6.51.